The average molecular weight is 276 g/mol. The van der Waals surface area contributed by atoms with Crippen LogP contribution in [0.3, 0.4) is 0 Å². The molecule has 3 rings (SSSR count). The number of hydrogen-bond donors (Lipinski definition) is 2. The third-order valence-electron chi connectivity index (χ3n) is 4.29. The van der Waals surface area contributed by atoms with Crippen LogP contribution in [0.5, 0.6) is 0 Å². The van der Waals surface area contributed by atoms with Crippen LogP contribution in [0, 0.1) is 0 Å². The molecule has 0 bridgehead atoms. The Kier molecular flexibility index (Phi) is 3.53. The van der Waals surface area contributed by atoms with Crippen LogP contribution in [-0.2, 0) is 4.74 Å². The molecule has 5 heteroatoms. The van der Waals surface area contributed by atoms with Crippen LogP contribution in [0.1, 0.15) is 36.0 Å². The van der Waals surface area contributed by atoms with Crippen molar-refractivity contribution < 1.29 is 14.6 Å². The zero-order valence-corrected chi connectivity index (χ0v) is 11.4. The van der Waals surface area contributed by atoms with E-state index >= 15 is 0 Å². The maximum absolute atomic E-state index is 11.5. The van der Waals surface area contributed by atoms with Gasteiger partial charge in [0.05, 0.1) is 30.0 Å². The molecule has 3 N–H and O–H groups in total. The first kappa shape index (κ1) is 13.2. The quantitative estimate of drug-likeness (QED) is 0.809. The Balaban J connectivity index is 1.96. The second-order valence-corrected chi connectivity index (χ2v) is 5.54. The van der Waals surface area contributed by atoms with E-state index in [1.165, 1.54) is 12.8 Å². The molecule has 1 saturated heterocycles. The predicted octanol–water partition coefficient (Wildman–Crippen LogP) is 2.11. The Morgan fingerprint density at radius 1 is 1.35 bits per heavy atom. The highest BCUT2D eigenvalue weighted by Gasteiger charge is 2.35. The highest BCUT2D eigenvalue weighted by atomic mass is 16.5. The largest absolute Gasteiger partial charge is 0.478 e. The number of rotatable bonds is 2. The number of benzene rings is 1. The summed E-state index contributed by atoms with van der Waals surface area (Å²) in [4.78, 5) is 13.7. The molecule has 2 aliphatic rings. The molecule has 1 heterocycles. The summed E-state index contributed by atoms with van der Waals surface area (Å²) in [6.07, 6.45) is 4.74. The van der Waals surface area contributed by atoms with Crippen molar-refractivity contribution in [1.82, 2.24) is 0 Å². The summed E-state index contributed by atoms with van der Waals surface area (Å²) < 4.78 is 5.84. The Bertz CT molecular complexity index is 516. The van der Waals surface area contributed by atoms with Gasteiger partial charge in [-0.25, -0.2) is 4.79 Å². The number of morpholine rings is 1. The zero-order chi connectivity index (χ0) is 14.1. The van der Waals surface area contributed by atoms with E-state index in [9.17, 15) is 9.90 Å². The van der Waals surface area contributed by atoms with Crippen LogP contribution in [-0.4, -0.2) is 36.4 Å². The Hall–Kier alpha value is -1.75. The van der Waals surface area contributed by atoms with E-state index in [2.05, 4.69) is 4.90 Å². The van der Waals surface area contributed by atoms with Gasteiger partial charge < -0.3 is 20.5 Å². The molecule has 1 aromatic carbocycles. The molecule has 2 unspecified atom stereocenters. The molecule has 5 nitrogen and oxygen atoms in total. The SMILES string of the molecule is Nc1ccc(N2CCOC3CCCCC32)c(C(=O)O)c1. The normalized spacial score (nSPS) is 26.1. The van der Waals surface area contributed by atoms with Gasteiger partial charge in [-0.3, -0.25) is 0 Å². The van der Waals surface area contributed by atoms with Gasteiger partial charge in [0.2, 0.25) is 0 Å². The molecule has 2 fully saturated rings. The lowest BCUT2D eigenvalue weighted by Gasteiger charge is -2.45. The first-order valence-corrected chi connectivity index (χ1v) is 7.18. The Morgan fingerprint density at radius 2 is 2.15 bits per heavy atom. The minimum atomic E-state index is -0.925. The van der Waals surface area contributed by atoms with Gasteiger partial charge in [0.1, 0.15) is 0 Å². The number of carboxylic acids is 1. The number of aromatic carboxylic acids is 1. The van der Waals surface area contributed by atoms with Crippen LogP contribution in [0.25, 0.3) is 0 Å². The molecule has 0 amide bonds. The van der Waals surface area contributed by atoms with Crippen molar-refractivity contribution >= 4 is 17.3 Å². The minimum Gasteiger partial charge on any atom is -0.478 e. The van der Waals surface area contributed by atoms with Crippen LogP contribution < -0.4 is 10.6 Å². The van der Waals surface area contributed by atoms with E-state index in [1.807, 2.05) is 6.07 Å². The molecule has 1 aromatic rings. The highest BCUT2D eigenvalue weighted by molar-refractivity contribution is 5.95. The summed E-state index contributed by atoms with van der Waals surface area (Å²) in [5.74, 6) is -0.925. The molecular formula is C15H20N2O3. The van der Waals surface area contributed by atoms with Gasteiger partial charge in [0.25, 0.3) is 0 Å². The fourth-order valence-electron chi connectivity index (χ4n) is 3.37. The van der Waals surface area contributed by atoms with E-state index < -0.39 is 5.97 Å². The number of nitrogens with zero attached hydrogens (tertiary/aromatic N) is 1. The molecule has 1 aliphatic heterocycles. The van der Waals surface area contributed by atoms with Crippen molar-refractivity contribution in [3.05, 3.63) is 23.8 Å². The lowest BCUT2D eigenvalue weighted by Crippen LogP contribution is -2.53. The summed E-state index contributed by atoms with van der Waals surface area (Å²) in [7, 11) is 0. The first-order chi connectivity index (χ1) is 9.66. The first-order valence-electron chi connectivity index (χ1n) is 7.18. The molecule has 0 radical (unpaired) electrons. The third-order valence-corrected chi connectivity index (χ3v) is 4.29. The zero-order valence-electron chi connectivity index (χ0n) is 11.4. The number of anilines is 2. The van der Waals surface area contributed by atoms with Gasteiger partial charge in [0, 0.05) is 12.2 Å². The van der Waals surface area contributed by atoms with Crippen molar-refractivity contribution in [3.8, 4) is 0 Å². The molecule has 1 aliphatic carbocycles. The van der Waals surface area contributed by atoms with Gasteiger partial charge in [-0.15, -0.1) is 0 Å². The van der Waals surface area contributed by atoms with Gasteiger partial charge in [-0.1, -0.05) is 12.8 Å². The van der Waals surface area contributed by atoms with Gasteiger partial charge in [0.15, 0.2) is 0 Å². The second-order valence-electron chi connectivity index (χ2n) is 5.54. The third kappa shape index (κ3) is 2.33. The lowest BCUT2D eigenvalue weighted by molar-refractivity contribution is -0.00877. The smallest absolute Gasteiger partial charge is 0.337 e. The van der Waals surface area contributed by atoms with Crippen LogP contribution in [0.4, 0.5) is 11.4 Å². The fraction of sp³-hybridized carbons (Fsp3) is 0.533. The Labute approximate surface area is 118 Å². The highest BCUT2D eigenvalue weighted by Crippen LogP contribution is 2.34. The van der Waals surface area contributed by atoms with E-state index in [1.54, 1.807) is 12.1 Å². The number of carboxylic acid groups (broad SMARTS) is 1. The summed E-state index contributed by atoms with van der Waals surface area (Å²) >= 11 is 0. The summed E-state index contributed by atoms with van der Waals surface area (Å²) in [5, 5.41) is 9.40. The van der Waals surface area contributed by atoms with Gasteiger partial charge in [-0.05, 0) is 31.0 Å². The minimum absolute atomic E-state index is 0.233. The van der Waals surface area contributed by atoms with Crippen molar-refractivity contribution in [3.63, 3.8) is 0 Å². The van der Waals surface area contributed by atoms with Crippen LogP contribution in [0.2, 0.25) is 0 Å². The second kappa shape index (κ2) is 5.32. The number of nitrogens with two attached hydrogens (primary N) is 1. The summed E-state index contributed by atoms with van der Waals surface area (Å²) in [6.45, 7) is 1.40. The molecule has 20 heavy (non-hydrogen) atoms. The topological polar surface area (TPSA) is 75.8 Å². The van der Waals surface area contributed by atoms with Gasteiger partial charge >= 0.3 is 5.97 Å². The van der Waals surface area contributed by atoms with E-state index in [4.69, 9.17) is 10.5 Å². The predicted molar refractivity (Wildman–Crippen MR) is 77.2 cm³/mol. The molecule has 0 aromatic heterocycles. The molecule has 1 saturated carbocycles. The van der Waals surface area contributed by atoms with Gasteiger partial charge in [-0.2, -0.15) is 0 Å². The van der Waals surface area contributed by atoms with Crippen molar-refractivity contribution in [1.29, 1.82) is 0 Å². The van der Waals surface area contributed by atoms with E-state index in [0.29, 0.717) is 18.3 Å². The number of nitrogen functional groups attached to an aromatic ring is 1. The lowest BCUT2D eigenvalue weighted by atomic mass is 9.89. The molecule has 108 valence electrons. The maximum atomic E-state index is 11.5. The fourth-order valence-corrected chi connectivity index (χ4v) is 3.37. The maximum Gasteiger partial charge on any atom is 0.337 e. The van der Waals surface area contributed by atoms with Crippen LogP contribution in [0.15, 0.2) is 18.2 Å². The van der Waals surface area contributed by atoms with E-state index in [0.717, 1.165) is 25.1 Å². The average Bonchev–Trinajstić information content (AvgIpc) is 2.46. The number of fused-ring (bicyclic) bond motifs is 1. The standard InChI is InChI=1S/C15H20N2O3/c16-10-5-6-12(11(9-10)15(18)19)17-7-8-20-14-4-2-1-3-13(14)17/h5-6,9,13-14H,1-4,7-8,16H2,(H,18,19). The summed E-state index contributed by atoms with van der Waals surface area (Å²) in [6, 6.07) is 5.44. The monoisotopic (exact) mass is 276 g/mol. The number of hydrogen-bond acceptors (Lipinski definition) is 4. The Morgan fingerprint density at radius 3 is 2.95 bits per heavy atom. The molecule has 0 spiro atoms. The van der Waals surface area contributed by atoms with Crippen molar-refractivity contribution in [2.24, 2.45) is 0 Å². The number of carbonyl (C=O) groups is 1. The van der Waals surface area contributed by atoms with Crippen molar-refractivity contribution in [2.45, 2.75) is 37.8 Å². The van der Waals surface area contributed by atoms with E-state index in [-0.39, 0.29) is 11.7 Å². The molecule has 2 atom stereocenters. The number of ether oxygens (including phenoxy) is 1. The molecular weight excluding hydrogens is 256 g/mol. The van der Waals surface area contributed by atoms with Crippen molar-refractivity contribution in [2.75, 3.05) is 23.8 Å². The summed E-state index contributed by atoms with van der Waals surface area (Å²) in [5.41, 5.74) is 7.26. The van der Waals surface area contributed by atoms with Crippen LogP contribution >= 0.6 is 0 Å².